The van der Waals surface area contributed by atoms with E-state index in [2.05, 4.69) is 15.7 Å². The Kier molecular flexibility index (Phi) is 5.88. The van der Waals surface area contributed by atoms with Crippen LogP contribution in [0.5, 0.6) is 5.75 Å². The van der Waals surface area contributed by atoms with Gasteiger partial charge in [0.25, 0.3) is 0 Å². The highest BCUT2D eigenvalue weighted by atomic mass is 16.5. The molecule has 0 aliphatic heterocycles. The zero-order valence-corrected chi connectivity index (χ0v) is 14.7. The van der Waals surface area contributed by atoms with Crippen molar-refractivity contribution in [1.29, 1.82) is 0 Å². The Labute approximate surface area is 152 Å². The molecule has 3 aromatic rings. The van der Waals surface area contributed by atoms with Crippen molar-refractivity contribution in [1.82, 2.24) is 20.4 Å². The number of nitrogens with one attached hydrogen (secondary N) is 2. The molecule has 6 nitrogen and oxygen atoms in total. The SMILES string of the molecule is COc1cccc(CNC(=O)NCCc2cnn(-c3ccccc3)c2)c1. The van der Waals surface area contributed by atoms with Crippen LogP contribution in [0.3, 0.4) is 0 Å². The third-order valence-corrected chi connectivity index (χ3v) is 3.94. The molecule has 2 N–H and O–H groups in total. The summed E-state index contributed by atoms with van der Waals surface area (Å²) >= 11 is 0. The van der Waals surface area contributed by atoms with Crippen molar-refractivity contribution < 1.29 is 9.53 Å². The molecule has 26 heavy (non-hydrogen) atoms. The number of ether oxygens (including phenoxy) is 1. The number of carbonyl (C=O) groups excluding carboxylic acids is 1. The molecule has 1 heterocycles. The summed E-state index contributed by atoms with van der Waals surface area (Å²) in [7, 11) is 1.62. The number of aromatic nitrogens is 2. The highest BCUT2D eigenvalue weighted by Crippen LogP contribution is 2.12. The maximum atomic E-state index is 11.9. The van der Waals surface area contributed by atoms with Crippen LogP contribution in [0.4, 0.5) is 4.79 Å². The molecule has 6 heteroatoms. The van der Waals surface area contributed by atoms with Gasteiger partial charge in [0.1, 0.15) is 5.75 Å². The van der Waals surface area contributed by atoms with E-state index in [-0.39, 0.29) is 6.03 Å². The van der Waals surface area contributed by atoms with Gasteiger partial charge in [0.2, 0.25) is 0 Å². The van der Waals surface area contributed by atoms with Crippen LogP contribution in [-0.4, -0.2) is 29.5 Å². The van der Waals surface area contributed by atoms with Crippen molar-refractivity contribution >= 4 is 6.03 Å². The first-order valence-electron chi connectivity index (χ1n) is 8.48. The predicted molar refractivity (Wildman–Crippen MR) is 101 cm³/mol. The van der Waals surface area contributed by atoms with E-state index in [9.17, 15) is 4.79 Å². The predicted octanol–water partition coefficient (Wildman–Crippen LogP) is 2.92. The highest BCUT2D eigenvalue weighted by Gasteiger charge is 2.04. The number of para-hydroxylation sites is 1. The fourth-order valence-corrected chi connectivity index (χ4v) is 2.56. The van der Waals surface area contributed by atoms with Crippen LogP contribution in [0.2, 0.25) is 0 Å². The summed E-state index contributed by atoms with van der Waals surface area (Å²) in [5, 5.41) is 10.1. The number of benzene rings is 2. The summed E-state index contributed by atoms with van der Waals surface area (Å²) in [6, 6.07) is 17.4. The smallest absolute Gasteiger partial charge is 0.315 e. The molecule has 0 radical (unpaired) electrons. The molecule has 2 amide bonds. The van der Waals surface area contributed by atoms with E-state index in [0.29, 0.717) is 13.1 Å². The average molecular weight is 350 g/mol. The van der Waals surface area contributed by atoms with Gasteiger partial charge in [0.15, 0.2) is 0 Å². The van der Waals surface area contributed by atoms with E-state index in [1.165, 1.54) is 0 Å². The second-order valence-corrected chi connectivity index (χ2v) is 5.84. The first kappa shape index (κ1) is 17.5. The molecule has 1 aromatic heterocycles. The van der Waals surface area contributed by atoms with Crippen molar-refractivity contribution in [3.05, 3.63) is 78.1 Å². The zero-order chi connectivity index (χ0) is 18.2. The molecule has 0 aliphatic carbocycles. The molecule has 0 saturated carbocycles. The lowest BCUT2D eigenvalue weighted by molar-refractivity contribution is 0.240. The molecule has 0 saturated heterocycles. The summed E-state index contributed by atoms with van der Waals surface area (Å²) in [4.78, 5) is 11.9. The number of nitrogens with zero attached hydrogens (tertiary/aromatic N) is 2. The molecule has 0 aliphatic rings. The topological polar surface area (TPSA) is 68.2 Å². The summed E-state index contributed by atoms with van der Waals surface area (Å²) in [5.74, 6) is 0.778. The van der Waals surface area contributed by atoms with Gasteiger partial charge in [-0.25, -0.2) is 9.48 Å². The maximum absolute atomic E-state index is 11.9. The molecular weight excluding hydrogens is 328 g/mol. The van der Waals surface area contributed by atoms with Crippen LogP contribution >= 0.6 is 0 Å². The minimum atomic E-state index is -0.191. The molecule has 0 spiro atoms. The van der Waals surface area contributed by atoms with Gasteiger partial charge < -0.3 is 15.4 Å². The van der Waals surface area contributed by atoms with E-state index in [4.69, 9.17) is 4.74 Å². The van der Waals surface area contributed by atoms with Crippen molar-refractivity contribution in [2.75, 3.05) is 13.7 Å². The lowest BCUT2D eigenvalue weighted by atomic mass is 10.2. The van der Waals surface area contributed by atoms with Gasteiger partial charge in [-0.3, -0.25) is 0 Å². The van der Waals surface area contributed by atoms with Crippen LogP contribution in [0.25, 0.3) is 5.69 Å². The van der Waals surface area contributed by atoms with E-state index in [1.807, 2.05) is 71.7 Å². The monoisotopic (exact) mass is 350 g/mol. The largest absolute Gasteiger partial charge is 0.497 e. The van der Waals surface area contributed by atoms with E-state index < -0.39 is 0 Å². The summed E-state index contributed by atoms with van der Waals surface area (Å²) < 4.78 is 7.00. The van der Waals surface area contributed by atoms with E-state index in [0.717, 1.165) is 29.0 Å². The molecule has 0 atom stereocenters. The van der Waals surface area contributed by atoms with Crippen molar-refractivity contribution in [2.24, 2.45) is 0 Å². The van der Waals surface area contributed by atoms with Gasteiger partial charge in [-0.1, -0.05) is 30.3 Å². The van der Waals surface area contributed by atoms with Crippen LogP contribution in [0, 0.1) is 0 Å². The van der Waals surface area contributed by atoms with Gasteiger partial charge in [0, 0.05) is 19.3 Å². The first-order chi connectivity index (χ1) is 12.7. The standard InChI is InChI=1S/C20H22N4O2/c1-26-19-9-5-6-16(12-19)13-22-20(25)21-11-10-17-14-23-24(15-17)18-7-3-2-4-8-18/h2-9,12,14-15H,10-11,13H2,1H3,(H2,21,22,25). The molecule has 0 unspecified atom stereocenters. The molecule has 3 rings (SSSR count). The third kappa shape index (κ3) is 4.86. The van der Waals surface area contributed by atoms with E-state index in [1.54, 1.807) is 7.11 Å². The second-order valence-electron chi connectivity index (χ2n) is 5.84. The summed E-state index contributed by atoms with van der Waals surface area (Å²) in [6.45, 7) is 0.999. The van der Waals surface area contributed by atoms with Gasteiger partial charge in [-0.2, -0.15) is 5.10 Å². The van der Waals surface area contributed by atoms with Gasteiger partial charge in [0.05, 0.1) is 19.0 Å². The van der Waals surface area contributed by atoms with Crippen LogP contribution in [0.15, 0.2) is 67.0 Å². The number of carbonyl (C=O) groups is 1. The molecule has 0 bridgehead atoms. The van der Waals surface area contributed by atoms with Gasteiger partial charge in [-0.15, -0.1) is 0 Å². The van der Waals surface area contributed by atoms with Crippen LogP contribution in [0.1, 0.15) is 11.1 Å². The highest BCUT2D eigenvalue weighted by molar-refractivity contribution is 5.73. The zero-order valence-electron chi connectivity index (χ0n) is 14.7. The summed E-state index contributed by atoms with van der Waals surface area (Å²) in [5.41, 5.74) is 3.08. The number of urea groups is 1. The molecule has 2 aromatic carbocycles. The van der Waals surface area contributed by atoms with Gasteiger partial charge in [-0.05, 0) is 41.8 Å². The van der Waals surface area contributed by atoms with Crippen LogP contribution < -0.4 is 15.4 Å². The van der Waals surface area contributed by atoms with Crippen molar-refractivity contribution in [3.8, 4) is 11.4 Å². The Morgan fingerprint density at radius 3 is 2.73 bits per heavy atom. The Morgan fingerprint density at radius 2 is 1.92 bits per heavy atom. The number of methoxy groups -OCH3 is 1. The Hall–Kier alpha value is -3.28. The maximum Gasteiger partial charge on any atom is 0.315 e. The number of rotatable bonds is 7. The van der Waals surface area contributed by atoms with Crippen molar-refractivity contribution in [2.45, 2.75) is 13.0 Å². The second kappa shape index (κ2) is 8.71. The molecular formula is C20H22N4O2. The quantitative estimate of drug-likeness (QED) is 0.688. The lowest BCUT2D eigenvalue weighted by Crippen LogP contribution is -2.36. The average Bonchev–Trinajstić information content (AvgIpc) is 3.16. The Balaban J connectivity index is 1.42. The molecule has 134 valence electrons. The van der Waals surface area contributed by atoms with Gasteiger partial charge >= 0.3 is 6.03 Å². The van der Waals surface area contributed by atoms with Crippen molar-refractivity contribution in [3.63, 3.8) is 0 Å². The lowest BCUT2D eigenvalue weighted by Gasteiger charge is -2.08. The fourth-order valence-electron chi connectivity index (χ4n) is 2.56. The normalized spacial score (nSPS) is 10.3. The number of hydrogen-bond acceptors (Lipinski definition) is 3. The first-order valence-corrected chi connectivity index (χ1v) is 8.48. The fraction of sp³-hybridized carbons (Fsp3) is 0.200. The number of amides is 2. The number of hydrogen-bond donors (Lipinski definition) is 2. The van der Waals surface area contributed by atoms with E-state index >= 15 is 0 Å². The molecule has 0 fully saturated rings. The minimum Gasteiger partial charge on any atom is -0.497 e. The summed E-state index contributed by atoms with van der Waals surface area (Å²) in [6.07, 6.45) is 4.52. The minimum absolute atomic E-state index is 0.191. The Bertz CT molecular complexity index is 846. The third-order valence-electron chi connectivity index (χ3n) is 3.94. The van der Waals surface area contributed by atoms with Crippen LogP contribution in [-0.2, 0) is 13.0 Å². The Morgan fingerprint density at radius 1 is 1.08 bits per heavy atom.